The number of likely N-dealkylation sites (tertiary alicyclic amines) is 1. The number of anilines is 1. The number of hydrogen-bond acceptors (Lipinski definition) is 4. The van der Waals surface area contributed by atoms with Crippen LogP contribution >= 0.6 is 0 Å². The van der Waals surface area contributed by atoms with Gasteiger partial charge < -0.3 is 15.2 Å². The first-order valence-corrected chi connectivity index (χ1v) is 14.4. The van der Waals surface area contributed by atoms with E-state index in [2.05, 4.69) is 29.6 Å². The number of aliphatic hydroxyl groups is 1. The third-order valence-corrected chi connectivity index (χ3v) is 7.68. The number of carbonyl (C=O) groups excluding carboxylic acids is 2. The maximum Gasteiger partial charge on any atom is 0.410 e. The van der Waals surface area contributed by atoms with Gasteiger partial charge in [0.15, 0.2) is 0 Å². The number of amides is 2. The van der Waals surface area contributed by atoms with Crippen molar-refractivity contribution < 1.29 is 19.4 Å². The van der Waals surface area contributed by atoms with Crippen LogP contribution in [0.15, 0.2) is 133 Å². The molecule has 6 heteroatoms. The van der Waals surface area contributed by atoms with Gasteiger partial charge in [-0.2, -0.15) is 0 Å². The predicted octanol–water partition coefficient (Wildman–Crippen LogP) is 7.40. The van der Waals surface area contributed by atoms with Gasteiger partial charge in [0, 0.05) is 17.5 Å². The van der Waals surface area contributed by atoms with Crippen molar-refractivity contribution in [1.29, 1.82) is 0 Å². The minimum Gasteiger partial charge on any atom is -0.445 e. The van der Waals surface area contributed by atoms with Crippen LogP contribution in [0.25, 0.3) is 33.4 Å². The number of rotatable bonds is 7. The van der Waals surface area contributed by atoms with Crippen LogP contribution in [0.1, 0.15) is 12.0 Å². The maximum atomic E-state index is 14.0. The van der Waals surface area contributed by atoms with E-state index >= 15 is 0 Å². The van der Waals surface area contributed by atoms with E-state index in [-0.39, 0.29) is 25.5 Å². The van der Waals surface area contributed by atoms with Crippen LogP contribution < -0.4 is 5.32 Å². The molecule has 0 bridgehead atoms. The summed E-state index contributed by atoms with van der Waals surface area (Å²) in [6.45, 7) is 0.105. The summed E-state index contributed by atoms with van der Waals surface area (Å²) < 4.78 is 5.54. The lowest BCUT2D eigenvalue weighted by Crippen LogP contribution is -2.43. The lowest BCUT2D eigenvalue weighted by molar-refractivity contribution is -0.120. The number of ether oxygens (including phenoxy) is 1. The fourth-order valence-corrected chi connectivity index (χ4v) is 5.54. The van der Waals surface area contributed by atoms with Crippen LogP contribution in [0.2, 0.25) is 0 Å². The van der Waals surface area contributed by atoms with Crippen molar-refractivity contribution in [2.24, 2.45) is 0 Å². The van der Waals surface area contributed by atoms with Crippen molar-refractivity contribution >= 4 is 17.7 Å². The normalized spacial score (nSPS) is 16.1. The Balaban J connectivity index is 1.38. The van der Waals surface area contributed by atoms with Gasteiger partial charge in [0.2, 0.25) is 5.91 Å². The molecule has 1 heterocycles. The maximum absolute atomic E-state index is 14.0. The molecule has 43 heavy (non-hydrogen) atoms. The van der Waals surface area contributed by atoms with E-state index in [4.69, 9.17) is 4.74 Å². The van der Waals surface area contributed by atoms with Gasteiger partial charge in [-0.05, 0) is 39.9 Å². The van der Waals surface area contributed by atoms with E-state index in [0.717, 1.165) is 38.9 Å². The summed E-state index contributed by atoms with van der Waals surface area (Å²) in [6.07, 6.45) is -1.34. The molecule has 6 rings (SSSR count). The average Bonchev–Trinajstić information content (AvgIpc) is 3.47. The molecule has 0 saturated carbocycles. The largest absolute Gasteiger partial charge is 0.445 e. The summed E-state index contributed by atoms with van der Waals surface area (Å²) in [7, 11) is 0. The molecular formula is C37H32N2O4. The fourth-order valence-electron chi connectivity index (χ4n) is 5.54. The smallest absolute Gasteiger partial charge is 0.410 e. The molecule has 0 aromatic heterocycles. The second-order valence-corrected chi connectivity index (χ2v) is 10.6. The zero-order chi connectivity index (χ0) is 29.6. The number of nitrogens with one attached hydrogen (secondary N) is 1. The Morgan fingerprint density at radius 1 is 0.698 bits per heavy atom. The van der Waals surface area contributed by atoms with E-state index in [1.54, 1.807) is 0 Å². The molecule has 5 aromatic carbocycles. The molecule has 1 fully saturated rings. The van der Waals surface area contributed by atoms with E-state index < -0.39 is 18.2 Å². The van der Waals surface area contributed by atoms with Crippen LogP contribution in [0.4, 0.5) is 10.5 Å². The first-order chi connectivity index (χ1) is 21.1. The fraction of sp³-hybridized carbons (Fsp3) is 0.135. The Labute approximate surface area is 251 Å². The van der Waals surface area contributed by atoms with Gasteiger partial charge in [0.25, 0.3) is 0 Å². The predicted molar refractivity (Wildman–Crippen MR) is 169 cm³/mol. The molecule has 1 saturated heterocycles. The zero-order valence-electron chi connectivity index (χ0n) is 23.6. The molecule has 6 nitrogen and oxygen atoms in total. The van der Waals surface area contributed by atoms with Crippen molar-refractivity contribution in [2.75, 3.05) is 11.9 Å². The molecule has 5 aromatic rings. The second kappa shape index (κ2) is 12.8. The van der Waals surface area contributed by atoms with Gasteiger partial charge >= 0.3 is 6.09 Å². The van der Waals surface area contributed by atoms with E-state index in [9.17, 15) is 14.7 Å². The van der Waals surface area contributed by atoms with Gasteiger partial charge in [0.1, 0.15) is 12.6 Å². The van der Waals surface area contributed by atoms with Crippen LogP contribution in [0.3, 0.4) is 0 Å². The number of carbonyl (C=O) groups is 2. The lowest BCUT2D eigenvalue weighted by Gasteiger charge is -2.25. The number of β-amino-alcohol motifs (C(OH)–C–C–N with tert-alkyl or cyclic N) is 1. The number of hydrogen-bond donors (Lipinski definition) is 2. The molecule has 214 valence electrons. The summed E-state index contributed by atoms with van der Waals surface area (Å²) in [5, 5.41) is 13.7. The molecule has 0 unspecified atom stereocenters. The summed E-state index contributed by atoms with van der Waals surface area (Å²) in [4.78, 5) is 28.4. The molecule has 1 aliphatic rings. The van der Waals surface area contributed by atoms with E-state index in [1.807, 2.05) is 109 Å². The molecule has 2 N–H and O–H groups in total. The van der Waals surface area contributed by atoms with Crippen molar-refractivity contribution in [3.8, 4) is 33.4 Å². The Morgan fingerprint density at radius 2 is 1.19 bits per heavy atom. The number of benzene rings is 5. The summed E-state index contributed by atoms with van der Waals surface area (Å²) in [5.74, 6) is -0.380. The highest BCUT2D eigenvalue weighted by atomic mass is 16.6. The number of aliphatic hydroxyl groups excluding tert-OH is 1. The summed E-state index contributed by atoms with van der Waals surface area (Å²) in [6, 6.07) is 42.6. The molecular weight excluding hydrogens is 536 g/mol. The third-order valence-electron chi connectivity index (χ3n) is 7.68. The first kappa shape index (κ1) is 27.9. The molecule has 0 radical (unpaired) electrons. The van der Waals surface area contributed by atoms with Gasteiger partial charge in [-0.25, -0.2) is 4.79 Å². The summed E-state index contributed by atoms with van der Waals surface area (Å²) >= 11 is 0. The quantitative estimate of drug-likeness (QED) is 0.214. The molecule has 2 atom stereocenters. The SMILES string of the molecule is O=C(Nc1c(-c2ccccc2)cc(-c2ccccc2)cc1-c1ccccc1)[C@@H]1C[C@@H](O)CN1C(=O)OCc1ccccc1. The molecule has 0 spiro atoms. The molecule has 0 aliphatic carbocycles. The van der Waals surface area contributed by atoms with Crippen LogP contribution in [0, 0.1) is 0 Å². The number of nitrogens with zero attached hydrogens (tertiary/aromatic N) is 1. The van der Waals surface area contributed by atoms with E-state index in [1.165, 1.54) is 4.90 Å². The monoisotopic (exact) mass is 568 g/mol. The summed E-state index contributed by atoms with van der Waals surface area (Å²) in [5.41, 5.74) is 7.14. The van der Waals surface area contributed by atoms with Gasteiger partial charge in [-0.3, -0.25) is 9.69 Å². The minimum absolute atomic E-state index is 0.0236. The second-order valence-electron chi connectivity index (χ2n) is 10.6. The molecule has 1 aliphatic heterocycles. The van der Waals surface area contributed by atoms with Gasteiger partial charge in [-0.1, -0.05) is 121 Å². The van der Waals surface area contributed by atoms with Gasteiger partial charge in [0.05, 0.1) is 18.3 Å². The zero-order valence-corrected chi connectivity index (χ0v) is 23.6. The van der Waals surface area contributed by atoms with Crippen molar-refractivity contribution in [3.63, 3.8) is 0 Å². The Hall–Kier alpha value is -5.20. The lowest BCUT2D eigenvalue weighted by atomic mass is 9.90. The van der Waals surface area contributed by atoms with Gasteiger partial charge in [-0.15, -0.1) is 0 Å². The van der Waals surface area contributed by atoms with Crippen molar-refractivity contribution in [1.82, 2.24) is 4.90 Å². The first-order valence-electron chi connectivity index (χ1n) is 14.4. The molecule has 2 amide bonds. The Bertz CT molecular complexity index is 1630. The standard InChI is InChI=1S/C37H32N2O4/c40-31-23-34(39(24-31)37(42)43-25-26-13-5-1-6-14-26)36(41)38-35-32(28-17-9-3-10-18-28)21-30(27-15-7-2-8-16-27)22-33(35)29-19-11-4-12-20-29/h1-22,31,34,40H,23-25H2,(H,38,41)/t31-,34+/m1/s1. The average molecular weight is 569 g/mol. The van der Waals surface area contributed by atoms with E-state index in [0.29, 0.717) is 5.69 Å². The Morgan fingerprint density at radius 3 is 1.72 bits per heavy atom. The van der Waals surface area contributed by atoms with Crippen molar-refractivity contribution in [3.05, 3.63) is 139 Å². The Kier molecular flexibility index (Phi) is 8.29. The van der Waals surface area contributed by atoms with Crippen LogP contribution in [-0.2, 0) is 16.1 Å². The topological polar surface area (TPSA) is 78.9 Å². The highest BCUT2D eigenvalue weighted by Gasteiger charge is 2.40. The van der Waals surface area contributed by atoms with Crippen LogP contribution in [-0.4, -0.2) is 40.7 Å². The minimum atomic E-state index is -0.890. The third kappa shape index (κ3) is 6.35. The van der Waals surface area contributed by atoms with Crippen molar-refractivity contribution in [2.45, 2.75) is 25.2 Å². The highest BCUT2D eigenvalue weighted by molar-refractivity contribution is 6.05. The highest BCUT2D eigenvalue weighted by Crippen LogP contribution is 2.41. The van der Waals surface area contributed by atoms with Crippen LogP contribution in [0.5, 0.6) is 0 Å².